The second-order valence-electron chi connectivity index (χ2n) is 15.8. The van der Waals surface area contributed by atoms with Crippen LogP contribution in [0.25, 0.3) is 38.8 Å². The molecular formula is C52H42N4PtSi. The summed E-state index contributed by atoms with van der Waals surface area (Å²) in [7, 11) is -3.07. The van der Waals surface area contributed by atoms with Crippen molar-refractivity contribution in [1.29, 1.82) is 0 Å². The van der Waals surface area contributed by atoms with Crippen molar-refractivity contribution >= 4 is 67.7 Å². The molecule has 0 spiro atoms. The fourth-order valence-electron chi connectivity index (χ4n) is 8.84. The Morgan fingerprint density at radius 2 is 1.17 bits per heavy atom. The van der Waals surface area contributed by atoms with Crippen LogP contribution in [0.4, 0.5) is 17.1 Å². The zero-order chi connectivity index (χ0) is 38.6. The first-order chi connectivity index (χ1) is 27.9. The number of rotatable bonds is 7. The Morgan fingerprint density at radius 1 is 0.552 bits per heavy atom. The van der Waals surface area contributed by atoms with Crippen LogP contribution < -0.4 is 30.5 Å². The normalized spacial score (nSPS) is 12.8. The van der Waals surface area contributed by atoms with Crippen molar-refractivity contribution in [2.45, 2.75) is 26.3 Å². The molecule has 4 nitrogen and oxygen atoms in total. The number of nitrogens with zero attached hydrogens (tertiary/aromatic N) is 4. The Labute approximate surface area is 356 Å². The molecule has 0 unspecified atom stereocenters. The third-order valence-corrected chi connectivity index (χ3v) is 16.1. The summed E-state index contributed by atoms with van der Waals surface area (Å²) < 4.78 is 2.30. The molecule has 0 saturated carbocycles. The smallest absolute Gasteiger partial charge is 0.347 e. The molecule has 0 bridgehead atoms. The molecule has 7 aromatic carbocycles. The molecule has 0 amide bonds. The fraction of sp³-hybridized carbons (Fsp3) is 0.0962. The minimum Gasteiger partial charge on any atom is -0.347 e. The van der Waals surface area contributed by atoms with Gasteiger partial charge in [0.15, 0.2) is 0 Å². The maximum absolute atomic E-state index is 5.01. The average Bonchev–Trinajstić information content (AvgIpc) is 3.82. The molecule has 284 valence electrons. The van der Waals surface area contributed by atoms with Crippen LogP contribution >= 0.6 is 0 Å². The van der Waals surface area contributed by atoms with E-state index in [-0.39, 0.29) is 26.6 Å². The number of fused-ring (bicyclic) bond motifs is 4. The predicted octanol–water partition coefficient (Wildman–Crippen LogP) is 9.54. The third-order valence-electron chi connectivity index (χ3n) is 11.5. The molecule has 0 atom stereocenters. The van der Waals surface area contributed by atoms with E-state index >= 15 is 0 Å². The van der Waals surface area contributed by atoms with E-state index in [1.54, 1.807) is 0 Å². The molecule has 0 aliphatic carbocycles. The van der Waals surface area contributed by atoms with Crippen LogP contribution in [0.1, 0.15) is 20.8 Å². The Balaban J connectivity index is 0.00000436. The molecule has 0 fully saturated rings. The van der Waals surface area contributed by atoms with Gasteiger partial charge in [-0.3, -0.25) is 0 Å². The number of benzene rings is 7. The fourth-order valence-corrected chi connectivity index (χ4v) is 13.4. The topological polar surface area (TPSA) is 24.3 Å². The van der Waals surface area contributed by atoms with Gasteiger partial charge in [-0.05, 0) is 78.0 Å². The standard InChI is InChI=1S/C52H42N4Si.Pt/c1-52(2,3)55-37-54(48-28-15-16-29-49(48)55)40-20-17-25-43(35-40)57(41-21-9-5-10-22-41,42-23-11-6-12-24-42)44-30-31-46-45-26-13-14-27-47(45)56(50(46)36-44)51-34-39(32-33-53-51)38-18-7-4-8-19-38;/h4-34H,37H2,1-3H3;/q-2;+2. The Bertz CT molecular complexity index is 2850. The van der Waals surface area contributed by atoms with Gasteiger partial charge in [-0.15, -0.1) is 11.5 Å². The first kappa shape index (κ1) is 37.6. The van der Waals surface area contributed by atoms with Crippen LogP contribution in [0.5, 0.6) is 0 Å². The van der Waals surface area contributed by atoms with Crippen LogP contribution in [-0.4, -0.2) is 29.8 Å². The summed E-state index contributed by atoms with van der Waals surface area (Å²) in [6.07, 6.45) is 1.92. The molecule has 9 aromatic rings. The minimum atomic E-state index is -3.07. The molecule has 6 heteroatoms. The van der Waals surface area contributed by atoms with Gasteiger partial charge in [0.2, 0.25) is 0 Å². The Kier molecular flexibility index (Phi) is 9.75. The SMILES string of the molecule is CC(C)(C)N1CN(c2[c-]c([Si](c3[c-]c4c(cc3)c3ccccc3n4-c3cc(-c4ccccc4)ccn3)(c3ccccc3)c3ccccc3)ccc2)c2ccccc21.[Pt+2]. The molecular weight excluding hydrogens is 904 g/mol. The van der Waals surface area contributed by atoms with Gasteiger partial charge in [-0.2, -0.15) is 46.8 Å². The van der Waals surface area contributed by atoms with Crippen molar-refractivity contribution in [3.05, 3.63) is 200 Å². The summed E-state index contributed by atoms with van der Waals surface area (Å²) >= 11 is 0. The van der Waals surface area contributed by atoms with Gasteiger partial charge < -0.3 is 14.4 Å². The maximum atomic E-state index is 5.01. The Morgan fingerprint density at radius 3 is 1.88 bits per heavy atom. The number of hydrogen-bond donors (Lipinski definition) is 0. The number of aromatic nitrogens is 2. The summed E-state index contributed by atoms with van der Waals surface area (Å²) in [5, 5.41) is 7.25. The minimum absolute atomic E-state index is 0. The molecule has 0 N–H and O–H groups in total. The van der Waals surface area contributed by atoms with Gasteiger partial charge in [0, 0.05) is 17.3 Å². The van der Waals surface area contributed by atoms with E-state index in [1.807, 2.05) is 6.20 Å². The van der Waals surface area contributed by atoms with Crippen molar-refractivity contribution in [2.75, 3.05) is 16.5 Å². The summed E-state index contributed by atoms with van der Waals surface area (Å²) in [5.41, 5.74) is 7.87. The number of hydrogen-bond acceptors (Lipinski definition) is 3. The van der Waals surface area contributed by atoms with Crippen LogP contribution in [0.2, 0.25) is 0 Å². The summed E-state index contributed by atoms with van der Waals surface area (Å²) in [6.45, 7) is 7.61. The van der Waals surface area contributed by atoms with Gasteiger partial charge in [0.1, 0.15) is 13.9 Å². The number of anilines is 3. The van der Waals surface area contributed by atoms with Crippen molar-refractivity contribution < 1.29 is 21.1 Å². The predicted molar refractivity (Wildman–Crippen MR) is 241 cm³/mol. The van der Waals surface area contributed by atoms with Crippen molar-refractivity contribution in [3.8, 4) is 16.9 Å². The monoisotopic (exact) mass is 945 g/mol. The molecule has 3 heterocycles. The molecule has 1 aliphatic rings. The van der Waals surface area contributed by atoms with Crippen molar-refractivity contribution in [2.24, 2.45) is 0 Å². The zero-order valence-electron chi connectivity index (χ0n) is 32.7. The van der Waals surface area contributed by atoms with Crippen molar-refractivity contribution in [3.63, 3.8) is 0 Å². The first-order valence-corrected chi connectivity index (χ1v) is 21.7. The van der Waals surface area contributed by atoms with Crippen molar-refractivity contribution in [1.82, 2.24) is 9.55 Å². The van der Waals surface area contributed by atoms with Gasteiger partial charge in [-0.1, -0.05) is 133 Å². The Hall–Kier alpha value is -6.00. The van der Waals surface area contributed by atoms with Gasteiger partial charge in [0.25, 0.3) is 0 Å². The largest absolute Gasteiger partial charge is 2.00 e. The van der Waals surface area contributed by atoms with E-state index in [0.29, 0.717) is 0 Å². The second kappa shape index (κ2) is 15.1. The van der Waals surface area contributed by atoms with E-state index in [4.69, 9.17) is 4.98 Å². The van der Waals surface area contributed by atoms with Crippen LogP contribution in [0.3, 0.4) is 0 Å². The van der Waals surface area contributed by atoms with Gasteiger partial charge in [-0.25, -0.2) is 4.98 Å². The second-order valence-corrected chi connectivity index (χ2v) is 19.6. The summed E-state index contributed by atoms with van der Waals surface area (Å²) in [6, 6.07) is 74.1. The molecule has 2 aromatic heterocycles. The zero-order valence-corrected chi connectivity index (χ0v) is 36.0. The molecule has 10 rings (SSSR count). The molecule has 1 aliphatic heterocycles. The van der Waals surface area contributed by atoms with E-state index in [2.05, 4.69) is 229 Å². The van der Waals surface area contributed by atoms with Gasteiger partial charge in [0.05, 0.1) is 18.0 Å². The average molecular weight is 946 g/mol. The molecule has 0 saturated heterocycles. The maximum Gasteiger partial charge on any atom is 2.00 e. The van der Waals surface area contributed by atoms with Crippen LogP contribution in [0.15, 0.2) is 188 Å². The van der Waals surface area contributed by atoms with E-state index in [1.165, 1.54) is 37.5 Å². The summed E-state index contributed by atoms with van der Waals surface area (Å²) in [5.74, 6) is 0.868. The van der Waals surface area contributed by atoms with E-state index < -0.39 is 8.07 Å². The van der Waals surface area contributed by atoms with Crippen LogP contribution in [0, 0.1) is 12.1 Å². The molecule has 58 heavy (non-hydrogen) atoms. The third kappa shape index (κ3) is 6.21. The first-order valence-electron chi connectivity index (χ1n) is 19.7. The number of para-hydroxylation sites is 3. The summed E-state index contributed by atoms with van der Waals surface area (Å²) in [4.78, 5) is 9.93. The van der Waals surface area contributed by atoms with Gasteiger partial charge >= 0.3 is 21.1 Å². The van der Waals surface area contributed by atoms with E-state index in [0.717, 1.165) is 45.7 Å². The van der Waals surface area contributed by atoms with E-state index in [9.17, 15) is 0 Å². The van der Waals surface area contributed by atoms with Crippen LogP contribution in [-0.2, 0) is 21.1 Å². The number of pyridine rings is 1. The molecule has 0 radical (unpaired) electrons. The quantitative estimate of drug-likeness (QED) is 0.0905.